The van der Waals surface area contributed by atoms with Crippen molar-refractivity contribution in [2.45, 2.75) is 45.1 Å². The topological polar surface area (TPSA) is 45.7 Å². The molecule has 132 valence electrons. The Bertz CT molecular complexity index is 475. The van der Waals surface area contributed by atoms with Crippen LogP contribution >= 0.6 is 35.7 Å². The fraction of sp³-hybridized carbons (Fsp3) is 0.588. The van der Waals surface area contributed by atoms with Crippen molar-refractivity contribution in [3.8, 4) is 5.75 Å². The number of halogens is 1. The van der Waals surface area contributed by atoms with Crippen LogP contribution in [0.25, 0.3) is 0 Å². The Morgan fingerprint density at radius 3 is 2.30 bits per heavy atom. The lowest BCUT2D eigenvalue weighted by molar-refractivity contribution is 0.242. The normalized spacial score (nSPS) is 11.9. The van der Waals surface area contributed by atoms with Crippen molar-refractivity contribution < 1.29 is 4.74 Å². The number of guanidine groups is 1. The SMILES string of the molecule is CN=C(NCc1ccc(OC(C)C)cc1)NCC(C)(C)SC.I. The van der Waals surface area contributed by atoms with E-state index in [1.807, 2.05) is 37.7 Å². The molecule has 2 N–H and O–H groups in total. The first kappa shape index (κ1) is 22.4. The van der Waals surface area contributed by atoms with Gasteiger partial charge in [-0.15, -0.1) is 24.0 Å². The van der Waals surface area contributed by atoms with Crippen molar-refractivity contribution in [3.63, 3.8) is 0 Å². The maximum absolute atomic E-state index is 5.65. The second kappa shape index (κ2) is 11.0. The molecule has 4 nitrogen and oxygen atoms in total. The van der Waals surface area contributed by atoms with Crippen molar-refractivity contribution in [2.75, 3.05) is 19.8 Å². The number of aliphatic imine (C=N–C) groups is 1. The van der Waals surface area contributed by atoms with Gasteiger partial charge < -0.3 is 15.4 Å². The molecule has 0 aliphatic carbocycles. The van der Waals surface area contributed by atoms with Crippen LogP contribution in [-0.2, 0) is 6.54 Å². The Morgan fingerprint density at radius 2 is 1.83 bits per heavy atom. The molecule has 1 aromatic carbocycles. The van der Waals surface area contributed by atoms with Crippen LogP contribution in [-0.4, -0.2) is 36.7 Å². The maximum Gasteiger partial charge on any atom is 0.191 e. The van der Waals surface area contributed by atoms with E-state index in [-0.39, 0.29) is 34.8 Å². The molecular weight excluding hydrogens is 421 g/mol. The van der Waals surface area contributed by atoms with Gasteiger partial charge >= 0.3 is 0 Å². The highest BCUT2D eigenvalue weighted by molar-refractivity contribution is 14.0. The zero-order chi connectivity index (χ0) is 16.6. The van der Waals surface area contributed by atoms with Crippen molar-refractivity contribution >= 4 is 41.7 Å². The predicted molar refractivity (Wildman–Crippen MR) is 113 cm³/mol. The minimum absolute atomic E-state index is 0. The van der Waals surface area contributed by atoms with Crippen molar-refractivity contribution in [1.82, 2.24) is 10.6 Å². The van der Waals surface area contributed by atoms with Crippen LogP contribution in [0.15, 0.2) is 29.3 Å². The average Bonchev–Trinajstić information content (AvgIpc) is 2.48. The molecule has 0 unspecified atom stereocenters. The monoisotopic (exact) mass is 451 g/mol. The van der Waals surface area contributed by atoms with E-state index < -0.39 is 0 Å². The Balaban J connectivity index is 0.00000484. The molecule has 0 amide bonds. The van der Waals surface area contributed by atoms with Crippen LogP contribution in [0.4, 0.5) is 0 Å². The minimum Gasteiger partial charge on any atom is -0.491 e. The molecule has 0 aliphatic heterocycles. The van der Waals surface area contributed by atoms with Gasteiger partial charge in [-0.3, -0.25) is 4.99 Å². The quantitative estimate of drug-likeness (QED) is 0.375. The third-order valence-electron chi connectivity index (χ3n) is 3.21. The van der Waals surface area contributed by atoms with E-state index in [2.05, 4.69) is 47.9 Å². The number of ether oxygens (including phenoxy) is 1. The summed E-state index contributed by atoms with van der Waals surface area (Å²) in [6, 6.07) is 8.15. The fourth-order valence-corrected chi connectivity index (χ4v) is 1.95. The lowest BCUT2D eigenvalue weighted by Crippen LogP contribution is -2.42. The summed E-state index contributed by atoms with van der Waals surface area (Å²) in [6.45, 7) is 10.1. The van der Waals surface area contributed by atoms with Crippen LogP contribution in [0.2, 0.25) is 0 Å². The number of hydrogen-bond donors (Lipinski definition) is 2. The molecule has 0 atom stereocenters. The second-order valence-corrected chi connectivity index (χ2v) is 7.57. The number of nitrogens with one attached hydrogen (secondary N) is 2. The van der Waals surface area contributed by atoms with Crippen LogP contribution in [0.3, 0.4) is 0 Å². The van der Waals surface area contributed by atoms with Crippen molar-refractivity contribution in [3.05, 3.63) is 29.8 Å². The van der Waals surface area contributed by atoms with E-state index in [1.54, 1.807) is 7.05 Å². The summed E-state index contributed by atoms with van der Waals surface area (Å²) in [7, 11) is 1.79. The molecule has 6 heteroatoms. The van der Waals surface area contributed by atoms with Gasteiger partial charge in [0.2, 0.25) is 0 Å². The predicted octanol–water partition coefficient (Wildman–Crippen LogP) is 3.90. The molecule has 1 rings (SSSR count). The first-order valence-electron chi connectivity index (χ1n) is 7.61. The summed E-state index contributed by atoms with van der Waals surface area (Å²) in [5.74, 6) is 1.73. The standard InChI is InChI=1S/C17H29N3OS.HI/c1-13(2)21-15-9-7-14(8-10-15)11-19-16(18-5)20-12-17(3,4)22-6;/h7-10,13H,11-12H2,1-6H3,(H2,18,19,20);1H. The van der Waals surface area contributed by atoms with Crippen LogP contribution < -0.4 is 15.4 Å². The second-order valence-electron chi connectivity index (χ2n) is 6.05. The molecule has 23 heavy (non-hydrogen) atoms. The smallest absolute Gasteiger partial charge is 0.191 e. The molecule has 0 radical (unpaired) electrons. The molecule has 0 saturated carbocycles. The van der Waals surface area contributed by atoms with E-state index in [9.17, 15) is 0 Å². The lowest BCUT2D eigenvalue weighted by Gasteiger charge is -2.23. The maximum atomic E-state index is 5.65. The van der Waals surface area contributed by atoms with Gasteiger partial charge in [-0.05, 0) is 51.6 Å². The molecule has 0 fully saturated rings. The molecule has 0 heterocycles. The Morgan fingerprint density at radius 1 is 1.22 bits per heavy atom. The fourth-order valence-electron chi connectivity index (χ4n) is 1.73. The molecule has 0 bridgehead atoms. The number of benzene rings is 1. The van der Waals surface area contributed by atoms with Crippen LogP contribution in [0, 0.1) is 0 Å². The van der Waals surface area contributed by atoms with Gasteiger partial charge in [-0.1, -0.05) is 12.1 Å². The largest absolute Gasteiger partial charge is 0.491 e. The molecular formula is C17H30IN3OS. The van der Waals surface area contributed by atoms with E-state index in [0.717, 1.165) is 24.8 Å². The zero-order valence-corrected chi connectivity index (χ0v) is 18.1. The van der Waals surface area contributed by atoms with Crippen molar-refractivity contribution in [2.24, 2.45) is 4.99 Å². The zero-order valence-electron chi connectivity index (χ0n) is 15.0. The number of nitrogens with zero attached hydrogens (tertiary/aromatic N) is 1. The van der Waals surface area contributed by atoms with Crippen LogP contribution in [0.1, 0.15) is 33.3 Å². The van der Waals surface area contributed by atoms with E-state index >= 15 is 0 Å². The number of thioether (sulfide) groups is 1. The van der Waals surface area contributed by atoms with Crippen molar-refractivity contribution in [1.29, 1.82) is 0 Å². The Hall–Kier alpha value is -0.630. The van der Waals surface area contributed by atoms with Gasteiger partial charge in [-0.2, -0.15) is 11.8 Å². The summed E-state index contributed by atoms with van der Waals surface area (Å²) >= 11 is 1.84. The number of hydrogen-bond acceptors (Lipinski definition) is 3. The minimum atomic E-state index is 0. The highest BCUT2D eigenvalue weighted by Gasteiger charge is 2.15. The van der Waals surface area contributed by atoms with Crippen LogP contribution in [0.5, 0.6) is 5.75 Å². The molecule has 1 aromatic rings. The first-order chi connectivity index (χ1) is 10.4. The van der Waals surface area contributed by atoms with Gasteiger partial charge in [0.1, 0.15) is 5.75 Å². The third kappa shape index (κ3) is 9.30. The third-order valence-corrected chi connectivity index (χ3v) is 4.46. The Kier molecular flexibility index (Phi) is 10.7. The van der Waals surface area contributed by atoms with E-state index in [1.165, 1.54) is 5.56 Å². The highest BCUT2D eigenvalue weighted by Crippen LogP contribution is 2.19. The summed E-state index contributed by atoms with van der Waals surface area (Å²) in [6.07, 6.45) is 2.32. The van der Waals surface area contributed by atoms with Gasteiger partial charge in [0.15, 0.2) is 5.96 Å². The molecule has 0 aromatic heterocycles. The summed E-state index contributed by atoms with van der Waals surface area (Å²) in [5.41, 5.74) is 1.20. The van der Waals surface area contributed by atoms with Gasteiger partial charge in [-0.25, -0.2) is 0 Å². The summed E-state index contributed by atoms with van der Waals surface area (Å²) in [5, 5.41) is 6.69. The lowest BCUT2D eigenvalue weighted by atomic mass is 10.2. The average molecular weight is 451 g/mol. The van der Waals surface area contributed by atoms with E-state index in [4.69, 9.17) is 4.74 Å². The first-order valence-corrected chi connectivity index (χ1v) is 8.84. The van der Waals surface area contributed by atoms with Gasteiger partial charge in [0.25, 0.3) is 0 Å². The molecule has 0 aliphatic rings. The Labute approximate surface area is 162 Å². The van der Waals surface area contributed by atoms with Gasteiger partial charge in [0.05, 0.1) is 6.10 Å². The summed E-state index contributed by atoms with van der Waals surface area (Å²) < 4.78 is 5.83. The van der Waals surface area contributed by atoms with E-state index in [0.29, 0.717) is 0 Å². The summed E-state index contributed by atoms with van der Waals surface area (Å²) in [4.78, 5) is 4.26. The molecule has 0 saturated heterocycles. The highest BCUT2D eigenvalue weighted by atomic mass is 127. The van der Waals surface area contributed by atoms with Gasteiger partial charge in [0, 0.05) is 24.9 Å². The number of rotatable bonds is 7. The molecule has 0 spiro atoms.